The predicted octanol–water partition coefficient (Wildman–Crippen LogP) is 1.62. The van der Waals surface area contributed by atoms with Crippen LogP contribution in [-0.4, -0.2) is 57.3 Å². The van der Waals surface area contributed by atoms with Crippen molar-refractivity contribution in [2.45, 2.75) is 12.5 Å². The third kappa shape index (κ3) is 2.52. The van der Waals surface area contributed by atoms with Gasteiger partial charge in [-0.2, -0.15) is 10.2 Å². The highest BCUT2D eigenvalue weighted by molar-refractivity contribution is 5.90. The number of carbonyl (C=O) groups is 1. The number of pyridine rings is 1. The summed E-state index contributed by atoms with van der Waals surface area (Å²) < 4.78 is 7.41. The molecule has 5 aromatic heterocycles. The average molecular weight is 401 g/mol. The fourth-order valence-electron chi connectivity index (χ4n) is 3.80. The number of aromatic nitrogens is 8. The summed E-state index contributed by atoms with van der Waals surface area (Å²) in [6.07, 6.45) is 7.34. The van der Waals surface area contributed by atoms with Gasteiger partial charge in [0.1, 0.15) is 6.04 Å². The van der Waals surface area contributed by atoms with Gasteiger partial charge in [0.2, 0.25) is 0 Å². The maximum absolute atomic E-state index is 13.3. The number of imidazole rings is 1. The molecule has 0 bridgehead atoms. The number of carbonyl (C=O) groups excluding carboxylic acids is 1. The molecule has 6 rings (SSSR count). The van der Waals surface area contributed by atoms with Gasteiger partial charge in [-0.05, 0) is 18.2 Å². The highest BCUT2D eigenvalue weighted by Crippen LogP contribution is 2.34. The lowest BCUT2D eigenvalue weighted by Crippen LogP contribution is -2.41. The van der Waals surface area contributed by atoms with E-state index in [0.717, 1.165) is 22.6 Å². The molecule has 1 atom stereocenters. The smallest absolute Gasteiger partial charge is 0.312 e. The molecule has 0 saturated heterocycles. The van der Waals surface area contributed by atoms with Gasteiger partial charge in [-0.15, -0.1) is 10.2 Å². The minimum absolute atomic E-state index is 0.0843. The van der Waals surface area contributed by atoms with Gasteiger partial charge < -0.3 is 14.3 Å². The molecule has 1 unspecified atom stereocenters. The van der Waals surface area contributed by atoms with Crippen LogP contribution in [-0.2, 0) is 6.42 Å². The van der Waals surface area contributed by atoms with Crippen LogP contribution < -0.4 is 0 Å². The summed E-state index contributed by atoms with van der Waals surface area (Å²) in [5.74, 6) is -0.222. The van der Waals surface area contributed by atoms with E-state index in [9.17, 15) is 4.79 Å². The van der Waals surface area contributed by atoms with E-state index in [2.05, 4.69) is 35.5 Å². The standard InChI is InChI=1S/C19H15N9O2/c29-19(18-25-24-17(30-18)11-8-22-23-9-11)27-6-4-13-15(21-10-20-13)16(27)14-7-12-3-1-2-5-28(12)26-14/h1-3,5,7-10,16H,4,6H2,(H,20,21)(H,22,23). The Morgan fingerprint density at radius 1 is 1.27 bits per heavy atom. The summed E-state index contributed by atoms with van der Waals surface area (Å²) in [7, 11) is 0. The van der Waals surface area contributed by atoms with Crippen LogP contribution in [0.1, 0.15) is 33.8 Å². The van der Waals surface area contributed by atoms with Crippen LogP contribution in [0.4, 0.5) is 0 Å². The van der Waals surface area contributed by atoms with Crippen molar-refractivity contribution in [2.75, 3.05) is 6.54 Å². The van der Waals surface area contributed by atoms with E-state index in [4.69, 9.17) is 4.42 Å². The van der Waals surface area contributed by atoms with Crippen LogP contribution >= 0.6 is 0 Å². The Balaban J connectivity index is 1.41. The topological polar surface area (TPSA) is 134 Å². The second kappa shape index (κ2) is 6.37. The molecule has 0 aliphatic carbocycles. The fourth-order valence-corrected chi connectivity index (χ4v) is 3.80. The molecule has 5 aromatic rings. The minimum Gasteiger partial charge on any atom is -0.412 e. The van der Waals surface area contributed by atoms with Gasteiger partial charge in [0.05, 0.1) is 35.0 Å². The Bertz CT molecular complexity index is 1310. The zero-order valence-electron chi connectivity index (χ0n) is 15.6. The largest absolute Gasteiger partial charge is 0.412 e. The van der Waals surface area contributed by atoms with Gasteiger partial charge in [0.15, 0.2) is 0 Å². The number of nitrogens with one attached hydrogen (secondary N) is 2. The van der Waals surface area contributed by atoms with Gasteiger partial charge in [-0.3, -0.25) is 9.89 Å². The quantitative estimate of drug-likeness (QED) is 0.469. The van der Waals surface area contributed by atoms with Gasteiger partial charge in [0, 0.05) is 31.1 Å². The van der Waals surface area contributed by atoms with E-state index < -0.39 is 6.04 Å². The highest BCUT2D eigenvalue weighted by Gasteiger charge is 2.38. The Morgan fingerprint density at radius 3 is 3.10 bits per heavy atom. The molecule has 1 aliphatic rings. The second-order valence-electron chi connectivity index (χ2n) is 6.96. The molecule has 6 heterocycles. The molecular weight excluding hydrogens is 386 g/mol. The third-order valence-corrected chi connectivity index (χ3v) is 5.21. The second-order valence-corrected chi connectivity index (χ2v) is 6.96. The fraction of sp³-hybridized carbons (Fsp3) is 0.158. The molecule has 0 aromatic carbocycles. The summed E-state index contributed by atoms with van der Waals surface area (Å²) in [6.45, 7) is 0.468. The van der Waals surface area contributed by atoms with Crippen LogP contribution in [0.5, 0.6) is 0 Å². The molecule has 0 fully saturated rings. The number of rotatable bonds is 3. The molecule has 1 amide bonds. The molecule has 30 heavy (non-hydrogen) atoms. The van der Waals surface area contributed by atoms with Gasteiger partial charge in [-0.1, -0.05) is 6.07 Å². The molecular formula is C19H15N9O2. The zero-order chi connectivity index (χ0) is 20.1. The lowest BCUT2D eigenvalue weighted by atomic mass is 9.99. The molecule has 11 heteroatoms. The Morgan fingerprint density at radius 2 is 2.23 bits per heavy atom. The number of amides is 1. The van der Waals surface area contributed by atoms with E-state index in [1.54, 1.807) is 28.1 Å². The Hall–Kier alpha value is -4.28. The molecule has 148 valence electrons. The monoisotopic (exact) mass is 401 g/mol. The number of nitrogens with zero attached hydrogens (tertiary/aromatic N) is 7. The van der Waals surface area contributed by atoms with E-state index in [1.165, 1.54) is 0 Å². The summed E-state index contributed by atoms with van der Waals surface area (Å²) in [4.78, 5) is 22.7. The summed E-state index contributed by atoms with van der Waals surface area (Å²) >= 11 is 0. The number of hydrogen-bond acceptors (Lipinski definition) is 7. The maximum Gasteiger partial charge on any atom is 0.312 e. The first kappa shape index (κ1) is 16.7. The van der Waals surface area contributed by atoms with Crippen molar-refractivity contribution in [3.8, 4) is 11.5 Å². The maximum atomic E-state index is 13.3. The van der Waals surface area contributed by atoms with Crippen LogP contribution in [0.2, 0.25) is 0 Å². The van der Waals surface area contributed by atoms with Gasteiger partial charge in [-0.25, -0.2) is 9.50 Å². The number of fused-ring (bicyclic) bond motifs is 2. The minimum atomic E-state index is -0.461. The first-order valence-corrected chi connectivity index (χ1v) is 9.38. The summed E-state index contributed by atoms with van der Waals surface area (Å²) in [6, 6.07) is 7.31. The van der Waals surface area contributed by atoms with Crippen molar-refractivity contribution in [3.63, 3.8) is 0 Å². The van der Waals surface area contributed by atoms with Crippen LogP contribution in [0, 0.1) is 0 Å². The predicted molar refractivity (Wildman–Crippen MR) is 102 cm³/mol. The Labute approximate surface area is 168 Å². The van der Waals surface area contributed by atoms with Crippen molar-refractivity contribution in [1.82, 2.24) is 44.9 Å². The van der Waals surface area contributed by atoms with Crippen LogP contribution in [0.25, 0.3) is 17.0 Å². The van der Waals surface area contributed by atoms with Crippen LogP contribution in [0.15, 0.2) is 53.6 Å². The number of hydrogen-bond donors (Lipinski definition) is 2. The third-order valence-electron chi connectivity index (χ3n) is 5.21. The van der Waals surface area contributed by atoms with Crippen molar-refractivity contribution < 1.29 is 9.21 Å². The van der Waals surface area contributed by atoms with E-state index >= 15 is 0 Å². The molecule has 0 radical (unpaired) electrons. The SMILES string of the molecule is O=C(c1nnc(-c2cn[nH]c2)o1)N1CCc2[nH]cnc2C1c1cc2ccccn2n1. The first-order valence-electron chi connectivity index (χ1n) is 9.38. The normalized spacial score (nSPS) is 16.1. The van der Waals surface area contributed by atoms with Crippen molar-refractivity contribution >= 4 is 11.4 Å². The zero-order valence-corrected chi connectivity index (χ0v) is 15.6. The molecule has 11 nitrogen and oxygen atoms in total. The van der Waals surface area contributed by atoms with Crippen molar-refractivity contribution in [1.29, 1.82) is 0 Å². The number of H-pyrrole nitrogens is 2. The van der Waals surface area contributed by atoms with E-state index in [-0.39, 0.29) is 17.7 Å². The van der Waals surface area contributed by atoms with Crippen molar-refractivity contribution in [3.05, 3.63) is 72.2 Å². The van der Waals surface area contributed by atoms with Gasteiger partial charge in [0.25, 0.3) is 5.89 Å². The molecule has 0 saturated carbocycles. The summed E-state index contributed by atoms with van der Waals surface area (Å²) in [5, 5.41) is 19.2. The molecule has 2 N–H and O–H groups in total. The van der Waals surface area contributed by atoms with Crippen molar-refractivity contribution in [2.24, 2.45) is 0 Å². The highest BCUT2D eigenvalue weighted by atomic mass is 16.4. The van der Waals surface area contributed by atoms with E-state index in [1.807, 2.05) is 30.5 Å². The van der Waals surface area contributed by atoms with Crippen LogP contribution in [0.3, 0.4) is 0 Å². The number of aromatic amines is 2. The first-order chi connectivity index (χ1) is 14.8. The lowest BCUT2D eigenvalue weighted by Gasteiger charge is -2.32. The van der Waals surface area contributed by atoms with Gasteiger partial charge >= 0.3 is 11.8 Å². The van der Waals surface area contributed by atoms with E-state index in [0.29, 0.717) is 18.5 Å². The summed E-state index contributed by atoms with van der Waals surface area (Å²) in [5.41, 5.74) is 4.03. The lowest BCUT2D eigenvalue weighted by molar-refractivity contribution is 0.0646. The molecule has 1 aliphatic heterocycles. The Kier molecular flexibility index (Phi) is 3.54. The average Bonchev–Trinajstić information content (AvgIpc) is 3.56. The molecule has 0 spiro atoms.